The topological polar surface area (TPSA) is 91.7 Å². The Morgan fingerprint density at radius 3 is 2.64 bits per heavy atom. The molecule has 2 N–H and O–H groups in total. The summed E-state index contributed by atoms with van der Waals surface area (Å²) in [6, 6.07) is 10.1. The van der Waals surface area contributed by atoms with E-state index in [0.717, 1.165) is 16.2 Å². The van der Waals surface area contributed by atoms with Crippen LogP contribution in [0.25, 0.3) is 6.08 Å². The second-order valence-corrected chi connectivity index (χ2v) is 8.20. The van der Waals surface area contributed by atoms with Crippen LogP contribution in [-0.2, 0) is 9.59 Å². The Labute approximate surface area is 178 Å². The Morgan fingerprint density at radius 1 is 1.21 bits per heavy atom. The molecule has 28 heavy (non-hydrogen) atoms. The van der Waals surface area contributed by atoms with Crippen LogP contribution in [0.3, 0.4) is 0 Å². The molecule has 0 radical (unpaired) electrons. The van der Waals surface area contributed by atoms with E-state index in [0.29, 0.717) is 20.5 Å². The Bertz CT molecular complexity index is 942. The van der Waals surface area contributed by atoms with E-state index in [4.69, 9.17) is 16.6 Å². The van der Waals surface area contributed by atoms with Crippen molar-refractivity contribution < 1.29 is 18.8 Å². The van der Waals surface area contributed by atoms with E-state index in [9.17, 15) is 14.4 Å². The van der Waals surface area contributed by atoms with E-state index in [2.05, 4.69) is 26.8 Å². The molecule has 0 unspecified atom stereocenters. The van der Waals surface area contributed by atoms with Crippen molar-refractivity contribution in [3.8, 4) is 0 Å². The molecule has 1 saturated heterocycles. The van der Waals surface area contributed by atoms with Crippen LogP contribution in [0.5, 0.6) is 0 Å². The molecule has 144 valence electrons. The molecule has 0 saturated carbocycles. The zero-order valence-corrected chi connectivity index (χ0v) is 17.5. The minimum atomic E-state index is -0.437. The fourth-order valence-corrected chi connectivity index (χ4v) is 3.82. The highest BCUT2D eigenvalue weighted by molar-refractivity contribution is 9.10. The normalized spacial score (nSPS) is 15.2. The maximum absolute atomic E-state index is 12.4. The number of hydrogen-bond donors (Lipinski definition) is 2. The second-order valence-electron chi connectivity index (χ2n) is 5.61. The van der Waals surface area contributed by atoms with E-state index in [-0.39, 0.29) is 18.9 Å². The first-order valence-electron chi connectivity index (χ1n) is 8.07. The Morgan fingerprint density at radius 2 is 1.96 bits per heavy atom. The second kappa shape index (κ2) is 9.18. The number of carbonyl (C=O) groups is 3. The first-order chi connectivity index (χ1) is 13.4. The molecule has 2 heterocycles. The van der Waals surface area contributed by atoms with Crippen LogP contribution in [-0.4, -0.2) is 33.5 Å². The number of carbonyl (C=O) groups excluding carboxylic acids is 3. The maximum Gasteiger partial charge on any atom is 0.269 e. The molecule has 2 aromatic rings. The summed E-state index contributed by atoms with van der Waals surface area (Å²) in [6.45, 7) is 0.111. The van der Waals surface area contributed by atoms with Gasteiger partial charge in [-0.3, -0.25) is 30.1 Å². The van der Waals surface area contributed by atoms with Gasteiger partial charge in [-0.05, 0) is 36.4 Å². The monoisotopic (exact) mass is 479 g/mol. The fourth-order valence-electron chi connectivity index (χ4n) is 2.27. The molecule has 3 rings (SSSR count). The highest BCUT2D eigenvalue weighted by Crippen LogP contribution is 2.32. The summed E-state index contributed by atoms with van der Waals surface area (Å²) in [6.07, 6.45) is 3.11. The van der Waals surface area contributed by atoms with Crippen molar-refractivity contribution in [2.45, 2.75) is 6.42 Å². The number of thioether (sulfide) groups is 1. The number of nitrogens with zero attached hydrogens (tertiary/aromatic N) is 1. The lowest BCUT2D eigenvalue weighted by molar-refractivity contribution is -0.124. The van der Waals surface area contributed by atoms with E-state index >= 15 is 0 Å². The standard InChI is InChI=1S/C18H14BrN3O4S2/c19-12-5-3-11(4-6-12)16(24)21-20-15(23)7-8-22-17(25)14(28-18(22)27)10-13-2-1-9-26-13/h1-6,9-10H,7-8H2,(H,20,23)(H,21,24). The van der Waals surface area contributed by atoms with Crippen molar-refractivity contribution in [2.24, 2.45) is 0 Å². The van der Waals surface area contributed by atoms with E-state index in [1.54, 1.807) is 42.5 Å². The van der Waals surface area contributed by atoms with E-state index in [1.807, 2.05) is 0 Å². The molecule has 1 aliphatic rings. The van der Waals surface area contributed by atoms with Gasteiger partial charge in [0.05, 0.1) is 11.2 Å². The summed E-state index contributed by atoms with van der Waals surface area (Å²) in [7, 11) is 0. The summed E-state index contributed by atoms with van der Waals surface area (Å²) in [5.41, 5.74) is 5.07. The third-order valence-electron chi connectivity index (χ3n) is 3.67. The Balaban J connectivity index is 1.49. The number of benzene rings is 1. The number of halogens is 1. The lowest BCUT2D eigenvalue weighted by atomic mass is 10.2. The first kappa shape index (κ1) is 20.3. The van der Waals surface area contributed by atoms with Gasteiger partial charge < -0.3 is 4.42 Å². The van der Waals surface area contributed by atoms with Crippen molar-refractivity contribution in [1.29, 1.82) is 0 Å². The SMILES string of the molecule is O=C(CCN1C(=O)C(=Cc2ccco2)SC1=S)NNC(=O)c1ccc(Br)cc1. The highest BCUT2D eigenvalue weighted by atomic mass is 79.9. The van der Waals surface area contributed by atoms with Gasteiger partial charge in [-0.1, -0.05) is 39.9 Å². The lowest BCUT2D eigenvalue weighted by Gasteiger charge is -2.14. The summed E-state index contributed by atoms with van der Waals surface area (Å²) in [5, 5.41) is 0. The molecule has 1 aliphatic heterocycles. The van der Waals surface area contributed by atoms with Crippen molar-refractivity contribution in [3.05, 3.63) is 63.4 Å². The minimum Gasteiger partial charge on any atom is -0.465 e. The van der Waals surface area contributed by atoms with Gasteiger partial charge in [0, 0.05) is 29.1 Å². The van der Waals surface area contributed by atoms with Crippen molar-refractivity contribution in [3.63, 3.8) is 0 Å². The van der Waals surface area contributed by atoms with E-state index < -0.39 is 11.8 Å². The van der Waals surface area contributed by atoms with Crippen LogP contribution in [0.4, 0.5) is 0 Å². The minimum absolute atomic E-state index is 0.0128. The molecule has 3 amide bonds. The lowest BCUT2D eigenvalue weighted by Crippen LogP contribution is -2.43. The Hall–Kier alpha value is -2.43. The number of rotatable bonds is 5. The first-order valence-corrected chi connectivity index (χ1v) is 10.1. The average Bonchev–Trinajstić information content (AvgIpc) is 3.27. The molecule has 0 atom stereocenters. The molecule has 1 aromatic carbocycles. The molecule has 1 aromatic heterocycles. The van der Waals surface area contributed by atoms with Crippen molar-refractivity contribution in [2.75, 3.05) is 6.54 Å². The predicted molar refractivity (Wildman–Crippen MR) is 113 cm³/mol. The predicted octanol–water partition coefficient (Wildman–Crippen LogP) is 3.09. The molecule has 10 heteroatoms. The van der Waals surface area contributed by atoms with Crippen LogP contribution >= 0.6 is 39.9 Å². The summed E-state index contributed by atoms with van der Waals surface area (Å²) < 4.78 is 6.41. The van der Waals surface area contributed by atoms with E-state index in [1.165, 1.54) is 11.2 Å². The molecular weight excluding hydrogens is 466 g/mol. The summed E-state index contributed by atoms with van der Waals surface area (Å²) in [5.74, 6) is -0.602. The quantitative estimate of drug-likeness (QED) is 0.388. The molecule has 0 spiro atoms. The summed E-state index contributed by atoms with van der Waals surface area (Å²) in [4.78, 5) is 38.2. The Kier molecular flexibility index (Phi) is 6.65. The van der Waals surface area contributed by atoms with Crippen LogP contribution in [0.2, 0.25) is 0 Å². The van der Waals surface area contributed by atoms with Gasteiger partial charge in [0.15, 0.2) is 0 Å². The van der Waals surface area contributed by atoms with Gasteiger partial charge in [-0.25, -0.2) is 0 Å². The average molecular weight is 480 g/mol. The number of thiocarbonyl (C=S) groups is 1. The molecule has 0 aliphatic carbocycles. The number of hydrazine groups is 1. The smallest absolute Gasteiger partial charge is 0.269 e. The summed E-state index contributed by atoms with van der Waals surface area (Å²) >= 11 is 9.65. The van der Waals surface area contributed by atoms with Crippen LogP contribution in [0.15, 0.2) is 56.5 Å². The van der Waals surface area contributed by atoms with Gasteiger partial charge >= 0.3 is 0 Å². The molecular formula is C18H14BrN3O4S2. The molecule has 1 fully saturated rings. The molecule has 7 nitrogen and oxygen atoms in total. The van der Waals surface area contributed by atoms with Gasteiger partial charge in [0.25, 0.3) is 11.8 Å². The van der Waals surface area contributed by atoms with Crippen molar-refractivity contribution >= 4 is 68.0 Å². The van der Waals surface area contributed by atoms with Gasteiger partial charge in [-0.2, -0.15) is 0 Å². The number of furan rings is 1. The van der Waals surface area contributed by atoms with Gasteiger partial charge in [-0.15, -0.1) is 0 Å². The largest absolute Gasteiger partial charge is 0.465 e. The van der Waals surface area contributed by atoms with Crippen LogP contribution in [0.1, 0.15) is 22.5 Å². The number of amides is 3. The van der Waals surface area contributed by atoms with Gasteiger partial charge in [0.1, 0.15) is 10.1 Å². The number of hydrogen-bond acceptors (Lipinski definition) is 6. The molecule has 0 bridgehead atoms. The zero-order chi connectivity index (χ0) is 20.1. The van der Waals surface area contributed by atoms with Crippen LogP contribution in [0, 0.1) is 0 Å². The van der Waals surface area contributed by atoms with Gasteiger partial charge in [0.2, 0.25) is 5.91 Å². The third kappa shape index (κ3) is 5.09. The van der Waals surface area contributed by atoms with Crippen molar-refractivity contribution in [1.82, 2.24) is 15.8 Å². The third-order valence-corrected chi connectivity index (χ3v) is 5.58. The maximum atomic E-state index is 12.4. The number of nitrogens with one attached hydrogen (secondary N) is 2. The fraction of sp³-hybridized carbons (Fsp3) is 0.111. The zero-order valence-electron chi connectivity index (χ0n) is 14.3. The highest BCUT2D eigenvalue weighted by Gasteiger charge is 2.32. The van der Waals surface area contributed by atoms with Crippen LogP contribution < -0.4 is 10.9 Å².